The van der Waals surface area contributed by atoms with Crippen LogP contribution in [0.5, 0.6) is 11.5 Å². The van der Waals surface area contributed by atoms with Crippen molar-refractivity contribution in [2.24, 2.45) is 0 Å². The van der Waals surface area contributed by atoms with Gasteiger partial charge in [0.15, 0.2) is 5.69 Å². The molecule has 1 unspecified atom stereocenters. The highest BCUT2D eigenvalue weighted by molar-refractivity contribution is 5.83. The van der Waals surface area contributed by atoms with Crippen LogP contribution < -0.4 is 9.80 Å². The van der Waals surface area contributed by atoms with Crippen LogP contribution in [0.25, 0.3) is 0 Å². The summed E-state index contributed by atoms with van der Waals surface area (Å²) in [6.07, 6.45) is 0.441. The van der Waals surface area contributed by atoms with E-state index in [0.29, 0.717) is 25.3 Å². The van der Waals surface area contributed by atoms with E-state index in [0.717, 1.165) is 13.0 Å². The highest BCUT2D eigenvalue weighted by atomic mass is 16.6. The van der Waals surface area contributed by atoms with E-state index in [-0.39, 0.29) is 22.1 Å². The molecule has 1 heterocycles. The third-order valence-corrected chi connectivity index (χ3v) is 3.69. The van der Waals surface area contributed by atoms with Crippen LogP contribution in [0.1, 0.15) is 27.2 Å². The first-order chi connectivity index (χ1) is 10.2. The number of carbonyl (C=O) groups excluding carboxylic acids is 1. The Bertz CT molecular complexity index is 523. The summed E-state index contributed by atoms with van der Waals surface area (Å²) in [5.41, 5.74) is -0.0450. The van der Waals surface area contributed by atoms with Crippen LogP contribution in [0, 0.1) is 0 Å². The number of nitrogens with zero attached hydrogens (tertiary/aromatic N) is 1. The van der Waals surface area contributed by atoms with Gasteiger partial charge in [0.25, 0.3) is 0 Å². The second kappa shape index (κ2) is 6.14. The molecule has 2 rings (SSSR count). The number of nitrogens with one attached hydrogen (secondary N) is 1. The number of rotatable bonds is 1. The molecule has 0 spiro atoms. The molecule has 1 aliphatic heterocycles. The second-order valence-corrected chi connectivity index (χ2v) is 6.71. The van der Waals surface area contributed by atoms with Gasteiger partial charge < -0.3 is 20.3 Å². The number of hydrogen-bond donors (Lipinski definition) is 3. The lowest BCUT2D eigenvalue weighted by Gasteiger charge is -2.35. The summed E-state index contributed by atoms with van der Waals surface area (Å²) in [6.45, 7) is 8.05. The van der Waals surface area contributed by atoms with Crippen molar-refractivity contribution in [2.45, 2.75) is 32.8 Å². The van der Waals surface area contributed by atoms with Gasteiger partial charge in [-0.2, -0.15) is 9.28 Å². The lowest BCUT2D eigenvalue weighted by atomic mass is 10.2. The quantitative estimate of drug-likeness (QED) is 0.694. The van der Waals surface area contributed by atoms with Gasteiger partial charge in [-0.1, -0.05) is 0 Å². The minimum atomic E-state index is -0.596. The summed E-state index contributed by atoms with van der Waals surface area (Å²) in [5, 5.41) is 22.8. The smallest absolute Gasteiger partial charge is 0.508 e. The van der Waals surface area contributed by atoms with Gasteiger partial charge in [0, 0.05) is 37.7 Å². The van der Waals surface area contributed by atoms with Gasteiger partial charge in [-0.3, -0.25) is 0 Å². The van der Waals surface area contributed by atoms with E-state index in [2.05, 4.69) is 5.32 Å². The Morgan fingerprint density at radius 3 is 2.36 bits per heavy atom. The van der Waals surface area contributed by atoms with Crippen LogP contribution in [0.15, 0.2) is 18.2 Å². The molecule has 0 bridgehead atoms. The Morgan fingerprint density at radius 1 is 1.14 bits per heavy atom. The number of phenolic OH excluding ortho intramolecular Hbond substituents is 2. The van der Waals surface area contributed by atoms with Gasteiger partial charge >= 0.3 is 6.09 Å². The first kappa shape index (κ1) is 16.6. The summed E-state index contributed by atoms with van der Waals surface area (Å²) in [5.74, 6) is -0.124. The van der Waals surface area contributed by atoms with E-state index >= 15 is 0 Å². The molecule has 1 fully saturated rings. The number of quaternary nitrogens is 1. The van der Waals surface area contributed by atoms with Crippen LogP contribution >= 0.6 is 0 Å². The molecular formula is C16H25N2O4+. The summed E-state index contributed by atoms with van der Waals surface area (Å²) in [6, 6.07) is 4.30. The predicted octanol–water partition coefficient (Wildman–Crippen LogP) is 2.33. The molecule has 0 aromatic heterocycles. The van der Waals surface area contributed by atoms with Gasteiger partial charge in [0.1, 0.15) is 23.6 Å². The van der Waals surface area contributed by atoms with Crippen molar-refractivity contribution in [1.82, 2.24) is 9.80 Å². The fraction of sp³-hybridized carbons (Fsp3) is 0.562. The first-order valence-electron chi connectivity index (χ1n) is 7.58. The largest absolute Gasteiger partial charge is 0.521 e. The molecule has 0 aliphatic carbocycles. The third kappa shape index (κ3) is 3.69. The van der Waals surface area contributed by atoms with Crippen molar-refractivity contribution in [3.8, 4) is 11.5 Å². The Hall–Kier alpha value is -1.79. The molecule has 1 amide bonds. The standard InChI is InChI=1S/C16H24N2O4/c1-16(2,3)22-15(21)18(7-4-5-17-6-8-18)12-9-13(19)11-14(20)10-12/h9-11,17H,4-8H2,1-3H3,(H-,19,20)/p+1. The molecular weight excluding hydrogens is 284 g/mol. The average Bonchev–Trinajstić information content (AvgIpc) is 2.62. The minimum Gasteiger partial charge on any atom is -0.508 e. The van der Waals surface area contributed by atoms with Crippen molar-refractivity contribution in [2.75, 3.05) is 26.2 Å². The zero-order valence-electron chi connectivity index (χ0n) is 13.4. The summed E-state index contributed by atoms with van der Waals surface area (Å²) in [4.78, 5) is 12.9. The molecule has 6 heteroatoms. The molecule has 0 saturated carbocycles. The number of ether oxygens (including phenoxy) is 1. The first-order valence-corrected chi connectivity index (χ1v) is 7.58. The molecule has 6 nitrogen and oxygen atoms in total. The maximum absolute atomic E-state index is 12.9. The zero-order chi connectivity index (χ0) is 16.4. The van der Waals surface area contributed by atoms with Gasteiger partial charge in [-0.15, -0.1) is 0 Å². The van der Waals surface area contributed by atoms with E-state index in [4.69, 9.17) is 4.74 Å². The fourth-order valence-corrected chi connectivity index (χ4v) is 2.70. The molecule has 1 atom stereocenters. The van der Waals surface area contributed by atoms with Crippen LogP contribution in [0.4, 0.5) is 10.5 Å². The van der Waals surface area contributed by atoms with Gasteiger partial charge in [0.05, 0.1) is 6.54 Å². The maximum atomic E-state index is 12.9. The molecule has 1 aromatic rings. The highest BCUT2D eigenvalue weighted by Gasteiger charge is 2.44. The Balaban J connectivity index is 2.47. The van der Waals surface area contributed by atoms with Crippen LogP contribution in [-0.2, 0) is 4.74 Å². The van der Waals surface area contributed by atoms with Crippen LogP contribution in [0.3, 0.4) is 0 Å². The SMILES string of the molecule is CC(C)(C)OC(=O)[N+]1(c2cc(O)cc(O)c2)CCCNCC1. The minimum absolute atomic E-state index is 0.0355. The van der Waals surface area contributed by atoms with Crippen molar-refractivity contribution < 1.29 is 19.7 Å². The lowest BCUT2D eigenvalue weighted by molar-refractivity contribution is 0.0273. The molecule has 1 aromatic carbocycles. The Labute approximate surface area is 130 Å². The third-order valence-electron chi connectivity index (χ3n) is 3.69. The van der Waals surface area contributed by atoms with Crippen LogP contribution in [-0.4, -0.2) is 48.1 Å². The molecule has 1 saturated heterocycles. The predicted molar refractivity (Wildman–Crippen MR) is 85.0 cm³/mol. The van der Waals surface area contributed by atoms with Crippen molar-refractivity contribution in [3.05, 3.63) is 18.2 Å². The zero-order valence-corrected chi connectivity index (χ0v) is 13.4. The number of phenols is 2. The van der Waals surface area contributed by atoms with Gasteiger partial charge in [-0.25, -0.2) is 0 Å². The molecule has 22 heavy (non-hydrogen) atoms. The molecule has 3 N–H and O–H groups in total. The normalized spacial score (nSPS) is 22.9. The van der Waals surface area contributed by atoms with Gasteiger partial charge in [-0.05, 0) is 20.8 Å². The van der Waals surface area contributed by atoms with Crippen molar-refractivity contribution in [1.29, 1.82) is 0 Å². The van der Waals surface area contributed by atoms with Crippen molar-refractivity contribution >= 4 is 11.8 Å². The number of aromatic hydroxyl groups is 2. The lowest BCUT2D eigenvalue weighted by Crippen LogP contribution is -2.57. The second-order valence-electron chi connectivity index (χ2n) is 6.71. The number of amides is 1. The molecule has 1 aliphatic rings. The summed E-state index contributed by atoms with van der Waals surface area (Å²) < 4.78 is 5.58. The summed E-state index contributed by atoms with van der Waals surface area (Å²) in [7, 11) is 0. The summed E-state index contributed by atoms with van der Waals surface area (Å²) >= 11 is 0. The fourth-order valence-electron chi connectivity index (χ4n) is 2.70. The van der Waals surface area contributed by atoms with E-state index in [1.54, 1.807) is 0 Å². The Kier molecular flexibility index (Phi) is 4.63. The van der Waals surface area contributed by atoms with E-state index < -0.39 is 5.60 Å². The van der Waals surface area contributed by atoms with E-state index in [9.17, 15) is 15.0 Å². The van der Waals surface area contributed by atoms with Crippen LogP contribution in [0.2, 0.25) is 0 Å². The number of benzene rings is 1. The van der Waals surface area contributed by atoms with E-state index in [1.165, 1.54) is 18.2 Å². The maximum Gasteiger partial charge on any atom is 0.521 e. The highest BCUT2D eigenvalue weighted by Crippen LogP contribution is 2.34. The average molecular weight is 309 g/mol. The topological polar surface area (TPSA) is 78.8 Å². The van der Waals surface area contributed by atoms with Gasteiger partial charge in [0.2, 0.25) is 0 Å². The number of hydrogen-bond acceptors (Lipinski definition) is 5. The molecule has 0 radical (unpaired) electrons. The number of carbonyl (C=O) groups is 1. The molecule has 122 valence electrons. The van der Waals surface area contributed by atoms with E-state index in [1.807, 2.05) is 20.8 Å². The van der Waals surface area contributed by atoms with Crippen molar-refractivity contribution in [3.63, 3.8) is 0 Å². The Morgan fingerprint density at radius 2 is 1.77 bits per heavy atom. The monoisotopic (exact) mass is 309 g/mol.